The number of hydrogen-bond donors (Lipinski definition) is 0. The maximum Gasteiger partial charge on any atom is 0.264 e. The smallest absolute Gasteiger partial charge is 0.264 e. The Balaban J connectivity index is 2.43. The van der Waals surface area contributed by atoms with E-state index in [1.807, 2.05) is 0 Å². The number of alkyl halides is 1. The molecule has 1 rings (SSSR count). The third-order valence-corrected chi connectivity index (χ3v) is 2.12. The molecule has 2 unspecified atom stereocenters. The summed E-state index contributed by atoms with van der Waals surface area (Å²) >= 11 is 0. The molecule has 1 aliphatic heterocycles. The summed E-state index contributed by atoms with van der Waals surface area (Å²) in [5.74, 6) is 0. The minimum absolute atomic E-state index is 0.00687. The van der Waals surface area contributed by atoms with Crippen LogP contribution in [0.25, 0.3) is 0 Å². The SMILES string of the molecule is CS(=O)(=O)OC1CCOC(F)C1. The molecular weight excluding hydrogens is 187 g/mol. The molecule has 72 valence electrons. The summed E-state index contributed by atoms with van der Waals surface area (Å²) in [4.78, 5) is 0. The van der Waals surface area contributed by atoms with Crippen molar-refractivity contribution in [3.05, 3.63) is 0 Å². The summed E-state index contributed by atoms with van der Waals surface area (Å²) in [6, 6.07) is 0. The first-order chi connectivity index (χ1) is 5.47. The monoisotopic (exact) mass is 198 g/mol. The van der Waals surface area contributed by atoms with E-state index in [2.05, 4.69) is 8.92 Å². The first kappa shape index (κ1) is 9.88. The van der Waals surface area contributed by atoms with Crippen LogP contribution in [0.3, 0.4) is 0 Å². The van der Waals surface area contributed by atoms with Crippen molar-refractivity contribution in [2.24, 2.45) is 0 Å². The highest BCUT2D eigenvalue weighted by Gasteiger charge is 2.25. The highest BCUT2D eigenvalue weighted by molar-refractivity contribution is 7.86. The molecule has 2 atom stereocenters. The van der Waals surface area contributed by atoms with Gasteiger partial charge in [0.25, 0.3) is 10.1 Å². The summed E-state index contributed by atoms with van der Waals surface area (Å²) in [5.41, 5.74) is 0. The van der Waals surface area contributed by atoms with Crippen LogP contribution in [-0.4, -0.2) is 33.7 Å². The Hall–Kier alpha value is -0.200. The maximum absolute atomic E-state index is 12.5. The van der Waals surface area contributed by atoms with Crippen LogP contribution in [-0.2, 0) is 19.0 Å². The van der Waals surface area contributed by atoms with Gasteiger partial charge < -0.3 is 4.74 Å². The average Bonchev–Trinajstić information content (AvgIpc) is 1.82. The van der Waals surface area contributed by atoms with E-state index in [9.17, 15) is 12.8 Å². The van der Waals surface area contributed by atoms with Gasteiger partial charge in [0.1, 0.15) is 0 Å². The van der Waals surface area contributed by atoms with Crippen molar-refractivity contribution in [3.8, 4) is 0 Å². The maximum atomic E-state index is 12.5. The third kappa shape index (κ3) is 3.46. The summed E-state index contributed by atoms with van der Waals surface area (Å²) in [7, 11) is -3.47. The zero-order valence-electron chi connectivity index (χ0n) is 6.70. The largest absolute Gasteiger partial charge is 0.348 e. The molecule has 0 aliphatic carbocycles. The summed E-state index contributed by atoms with van der Waals surface area (Å²) < 4.78 is 42.9. The van der Waals surface area contributed by atoms with Crippen LogP contribution < -0.4 is 0 Å². The fraction of sp³-hybridized carbons (Fsp3) is 1.00. The van der Waals surface area contributed by atoms with E-state index in [1.165, 1.54) is 0 Å². The molecule has 1 saturated heterocycles. The molecule has 0 aromatic heterocycles. The van der Waals surface area contributed by atoms with Gasteiger partial charge in [-0.05, 0) is 6.42 Å². The zero-order chi connectivity index (χ0) is 9.19. The Bertz CT molecular complexity index is 238. The molecule has 0 aromatic carbocycles. The summed E-state index contributed by atoms with van der Waals surface area (Å²) in [6.45, 7) is 0.210. The normalized spacial score (nSPS) is 31.8. The van der Waals surface area contributed by atoms with Gasteiger partial charge in [-0.2, -0.15) is 8.42 Å². The molecule has 0 spiro atoms. The molecule has 0 radical (unpaired) electrons. The van der Waals surface area contributed by atoms with E-state index >= 15 is 0 Å². The quantitative estimate of drug-likeness (QED) is 0.604. The molecule has 0 aromatic rings. The van der Waals surface area contributed by atoms with Crippen molar-refractivity contribution >= 4 is 10.1 Å². The molecular formula is C6H11FO4S. The van der Waals surface area contributed by atoms with Gasteiger partial charge in [0.05, 0.1) is 19.0 Å². The Kier molecular flexibility index (Phi) is 3.03. The van der Waals surface area contributed by atoms with E-state index in [-0.39, 0.29) is 13.0 Å². The lowest BCUT2D eigenvalue weighted by atomic mass is 10.1. The molecule has 12 heavy (non-hydrogen) atoms. The van der Waals surface area contributed by atoms with Gasteiger partial charge in [-0.1, -0.05) is 0 Å². The fourth-order valence-electron chi connectivity index (χ4n) is 1.05. The van der Waals surface area contributed by atoms with E-state index in [0.29, 0.717) is 6.42 Å². The van der Waals surface area contributed by atoms with Crippen molar-refractivity contribution in [2.75, 3.05) is 12.9 Å². The molecule has 0 N–H and O–H groups in total. The van der Waals surface area contributed by atoms with E-state index in [0.717, 1.165) is 6.26 Å². The highest BCUT2D eigenvalue weighted by atomic mass is 32.2. The fourth-order valence-corrected chi connectivity index (χ4v) is 1.72. The first-order valence-electron chi connectivity index (χ1n) is 3.61. The molecule has 4 nitrogen and oxygen atoms in total. The van der Waals surface area contributed by atoms with E-state index in [1.54, 1.807) is 0 Å². The molecule has 0 amide bonds. The highest BCUT2D eigenvalue weighted by Crippen LogP contribution is 2.18. The molecule has 1 fully saturated rings. The van der Waals surface area contributed by atoms with Crippen LogP contribution in [0.2, 0.25) is 0 Å². The van der Waals surface area contributed by atoms with Crippen LogP contribution in [0, 0.1) is 0 Å². The molecule has 0 bridgehead atoms. The topological polar surface area (TPSA) is 52.6 Å². The second-order valence-corrected chi connectivity index (χ2v) is 4.33. The van der Waals surface area contributed by atoms with E-state index < -0.39 is 22.6 Å². The second-order valence-electron chi connectivity index (χ2n) is 2.73. The van der Waals surface area contributed by atoms with Gasteiger partial charge in [-0.25, -0.2) is 4.39 Å². The standard InChI is InChI=1S/C6H11FO4S/c1-12(8,9)11-5-2-3-10-6(7)4-5/h5-6H,2-4H2,1H3. The Morgan fingerprint density at radius 1 is 1.58 bits per heavy atom. The van der Waals surface area contributed by atoms with Crippen LogP contribution in [0.5, 0.6) is 0 Å². The average molecular weight is 198 g/mol. The van der Waals surface area contributed by atoms with Gasteiger partial charge in [0.15, 0.2) is 0 Å². The molecule has 6 heteroatoms. The van der Waals surface area contributed by atoms with Gasteiger partial charge in [0.2, 0.25) is 6.36 Å². The lowest BCUT2D eigenvalue weighted by Gasteiger charge is -2.23. The summed E-state index contributed by atoms with van der Waals surface area (Å²) in [5, 5.41) is 0. The second kappa shape index (κ2) is 3.68. The number of hydrogen-bond acceptors (Lipinski definition) is 4. The van der Waals surface area contributed by atoms with Crippen molar-refractivity contribution < 1.29 is 21.7 Å². The predicted octanol–water partition coefficient (Wildman–Crippen LogP) is 0.437. The lowest BCUT2D eigenvalue weighted by molar-refractivity contribution is -0.0999. The Morgan fingerprint density at radius 3 is 2.75 bits per heavy atom. The van der Waals surface area contributed by atoms with Crippen LogP contribution in [0.1, 0.15) is 12.8 Å². The predicted molar refractivity (Wildman–Crippen MR) is 39.8 cm³/mol. The van der Waals surface area contributed by atoms with Crippen molar-refractivity contribution in [3.63, 3.8) is 0 Å². The minimum Gasteiger partial charge on any atom is -0.348 e. The van der Waals surface area contributed by atoms with Gasteiger partial charge in [-0.15, -0.1) is 0 Å². The molecule has 1 aliphatic rings. The van der Waals surface area contributed by atoms with Crippen molar-refractivity contribution in [2.45, 2.75) is 25.3 Å². The lowest BCUT2D eigenvalue weighted by Crippen LogP contribution is -2.29. The van der Waals surface area contributed by atoms with Crippen molar-refractivity contribution in [1.29, 1.82) is 0 Å². The van der Waals surface area contributed by atoms with Crippen LogP contribution in [0.4, 0.5) is 4.39 Å². The number of halogens is 1. The van der Waals surface area contributed by atoms with Gasteiger partial charge in [0, 0.05) is 6.42 Å². The van der Waals surface area contributed by atoms with Crippen LogP contribution >= 0.6 is 0 Å². The Labute approximate surface area is 70.8 Å². The van der Waals surface area contributed by atoms with Gasteiger partial charge in [-0.3, -0.25) is 4.18 Å². The number of ether oxygens (including phenoxy) is 1. The van der Waals surface area contributed by atoms with Crippen molar-refractivity contribution in [1.82, 2.24) is 0 Å². The van der Waals surface area contributed by atoms with E-state index in [4.69, 9.17) is 0 Å². The van der Waals surface area contributed by atoms with Gasteiger partial charge >= 0.3 is 0 Å². The minimum atomic E-state index is -3.47. The molecule has 0 saturated carbocycles. The number of rotatable bonds is 2. The zero-order valence-corrected chi connectivity index (χ0v) is 7.51. The first-order valence-corrected chi connectivity index (χ1v) is 5.43. The summed E-state index contributed by atoms with van der Waals surface area (Å²) in [6.07, 6.45) is -0.592. The Morgan fingerprint density at radius 2 is 2.25 bits per heavy atom. The molecule has 1 heterocycles. The van der Waals surface area contributed by atoms with Crippen LogP contribution in [0.15, 0.2) is 0 Å². The third-order valence-electron chi connectivity index (χ3n) is 1.50.